The van der Waals surface area contributed by atoms with E-state index in [9.17, 15) is 9.18 Å². The first-order valence-corrected chi connectivity index (χ1v) is 7.86. The van der Waals surface area contributed by atoms with Crippen molar-refractivity contribution < 1.29 is 18.7 Å². The Hall–Kier alpha value is -2.08. The smallest absolute Gasteiger partial charge is 0.257 e. The Balaban J connectivity index is 1.77. The summed E-state index contributed by atoms with van der Waals surface area (Å²) < 4.78 is 24.6. The van der Waals surface area contributed by atoms with Gasteiger partial charge in [0, 0.05) is 11.0 Å². The summed E-state index contributed by atoms with van der Waals surface area (Å²) in [6.07, 6.45) is 0.641. The Kier molecular flexibility index (Phi) is 6.40. The molecule has 0 aliphatic heterocycles. The molecule has 0 radical (unpaired) electrons. The third kappa shape index (κ3) is 5.25. The molecule has 0 fully saturated rings. The highest BCUT2D eigenvalue weighted by Crippen LogP contribution is 2.21. The normalized spacial score (nSPS) is 10.2. The first-order chi connectivity index (χ1) is 11.1. The first kappa shape index (κ1) is 17.3. The molecule has 0 atom stereocenters. The second-order valence-corrected chi connectivity index (χ2v) is 5.69. The summed E-state index contributed by atoms with van der Waals surface area (Å²) in [6, 6.07) is 12.0. The molecule has 0 aliphatic carbocycles. The van der Waals surface area contributed by atoms with Gasteiger partial charge in [0.2, 0.25) is 0 Å². The fraction of sp³-hybridized carbons (Fsp3) is 0.235. The predicted molar refractivity (Wildman–Crippen MR) is 89.3 cm³/mol. The molecule has 0 aliphatic rings. The Labute approximate surface area is 142 Å². The molecule has 1 N–H and O–H groups in total. The minimum absolute atomic E-state index is 0.0491. The average molecular weight is 382 g/mol. The molecule has 0 bridgehead atoms. The minimum Gasteiger partial charge on any atom is -0.496 e. The number of ether oxygens (including phenoxy) is 2. The topological polar surface area (TPSA) is 47.6 Å². The van der Waals surface area contributed by atoms with Gasteiger partial charge >= 0.3 is 0 Å². The minimum atomic E-state index is -0.513. The lowest BCUT2D eigenvalue weighted by atomic mass is 10.1. The number of carbonyl (C=O) groups is 1. The average Bonchev–Trinajstić information content (AvgIpc) is 2.54. The molecule has 2 rings (SSSR count). The largest absolute Gasteiger partial charge is 0.496 e. The summed E-state index contributed by atoms with van der Waals surface area (Å²) in [5, 5.41) is 2.73. The number of nitrogens with one attached hydrogen (secondary N) is 1. The fourth-order valence-electron chi connectivity index (χ4n) is 2.03. The van der Waals surface area contributed by atoms with Crippen LogP contribution in [0.15, 0.2) is 46.9 Å². The highest BCUT2D eigenvalue weighted by molar-refractivity contribution is 9.10. The number of carbonyl (C=O) groups excluding carboxylic acids is 1. The van der Waals surface area contributed by atoms with Crippen molar-refractivity contribution in [3.8, 4) is 11.5 Å². The van der Waals surface area contributed by atoms with E-state index in [1.54, 1.807) is 13.2 Å². The van der Waals surface area contributed by atoms with E-state index in [0.29, 0.717) is 17.4 Å². The van der Waals surface area contributed by atoms with Gasteiger partial charge in [-0.2, -0.15) is 0 Å². The van der Waals surface area contributed by atoms with Gasteiger partial charge in [-0.3, -0.25) is 4.79 Å². The predicted octanol–water partition coefficient (Wildman–Crippen LogP) is 3.33. The van der Waals surface area contributed by atoms with Gasteiger partial charge in [0.05, 0.1) is 7.11 Å². The van der Waals surface area contributed by atoms with E-state index in [2.05, 4.69) is 21.2 Å². The molecule has 23 heavy (non-hydrogen) atoms. The van der Waals surface area contributed by atoms with Gasteiger partial charge in [-0.1, -0.05) is 34.1 Å². The van der Waals surface area contributed by atoms with E-state index in [1.165, 1.54) is 12.1 Å². The van der Waals surface area contributed by atoms with Gasteiger partial charge < -0.3 is 14.8 Å². The number of amides is 1. The number of halogens is 2. The summed E-state index contributed by atoms with van der Waals surface area (Å²) in [5.74, 6) is 0.0198. The maximum Gasteiger partial charge on any atom is 0.257 e. The van der Waals surface area contributed by atoms with Crippen molar-refractivity contribution >= 4 is 21.8 Å². The zero-order valence-corrected chi connectivity index (χ0v) is 14.2. The van der Waals surface area contributed by atoms with Crippen molar-refractivity contribution in [3.05, 3.63) is 58.3 Å². The SMILES string of the molecule is COc1ccccc1CCNC(=O)COc1ccc(Br)cc1F. The Bertz CT molecular complexity index is 679. The second-order valence-electron chi connectivity index (χ2n) is 4.78. The van der Waals surface area contributed by atoms with Gasteiger partial charge in [-0.15, -0.1) is 0 Å². The molecule has 6 heteroatoms. The maximum absolute atomic E-state index is 13.6. The van der Waals surface area contributed by atoms with Gasteiger partial charge in [0.1, 0.15) is 5.75 Å². The standard InChI is InChI=1S/C17H17BrFNO3/c1-22-15-5-3-2-4-12(15)8-9-20-17(21)11-23-16-7-6-13(18)10-14(16)19/h2-7,10H,8-9,11H2,1H3,(H,20,21). The van der Waals surface area contributed by atoms with E-state index in [1.807, 2.05) is 24.3 Å². The second kappa shape index (κ2) is 8.53. The van der Waals surface area contributed by atoms with Crippen LogP contribution in [0.3, 0.4) is 0 Å². The quantitative estimate of drug-likeness (QED) is 0.799. The molecular weight excluding hydrogens is 365 g/mol. The van der Waals surface area contributed by atoms with Crippen molar-refractivity contribution in [1.82, 2.24) is 5.32 Å². The molecular formula is C17H17BrFNO3. The summed E-state index contributed by atoms with van der Waals surface area (Å²) >= 11 is 3.16. The molecule has 2 aromatic carbocycles. The Morgan fingerprint density at radius 1 is 1.22 bits per heavy atom. The van der Waals surface area contributed by atoms with Crippen LogP contribution < -0.4 is 14.8 Å². The molecule has 0 unspecified atom stereocenters. The third-order valence-corrected chi connectivity index (χ3v) is 3.65. The van der Waals surface area contributed by atoms with E-state index in [-0.39, 0.29) is 18.3 Å². The number of rotatable bonds is 7. The molecule has 4 nitrogen and oxygen atoms in total. The van der Waals surface area contributed by atoms with Crippen molar-refractivity contribution in [1.29, 1.82) is 0 Å². The highest BCUT2D eigenvalue weighted by atomic mass is 79.9. The summed E-state index contributed by atoms with van der Waals surface area (Å²) in [6.45, 7) is 0.218. The summed E-state index contributed by atoms with van der Waals surface area (Å²) in [7, 11) is 1.61. The van der Waals surface area contributed by atoms with Crippen molar-refractivity contribution in [3.63, 3.8) is 0 Å². The highest BCUT2D eigenvalue weighted by Gasteiger charge is 2.08. The van der Waals surface area contributed by atoms with Crippen LogP contribution in [0, 0.1) is 5.82 Å². The zero-order valence-electron chi connectivity index (χ0n) is 12.6. The number of para-hydroxylation sites is 1. The zero-order chi connectivity index (χ0) is 16.7. The summed E-state index contributed by atoms with van der Waals surface area (Å²) in [4.78, 5) is 11.7. The maximum atomic E-state index is 13.6. The van der Waals surface area contributed by atoms with Crippen LogP contribution in [0.25, 0.3) is 0 Å². The molecule has 0 saturated carbocycles. The molecule has 0 spiro atoms. The molecule has 2 aromatic rings. The van der Waals surface area contributed by atoms with Gasteiger partial charge in [-0.25, -0.2) is 4.39 Å². The summed E-state index contributed by atoms with van der Waals surface area (Å²) in [5.41, 5.74) is 1.01. The molecule has 0 heterocycles. The van der Waals surface area contributed by atoms with E-state index >= 15 is 0 Å². The van der Waals surface area contributed by atoms with Crippen molar-refractivity contribution in [2.75, 3.05) is 20.3 Å². The van der Waals surface area contributed by atoms with Crippen molar-refractivity contribution in [2.45, 2.75) is 6.42 Å². The van der Waals surface area contributed by atoms with Crippen LogP contribution in [0.1, 0.15) is 5.56 Å². The number of methoxy groups -OCH3 is 1. The van der Waals surface area contributed by atoms with Crippen LogP contribution in [-0.2, 0) is 11.2 Å². The number of benzene rings is 2. The van der Waals surface area contributed by atoms with E-state index in [0.717, 1.165) is 11.3 Å². The van der Waals surface area contributed by atoms with Crippen LogP contribution in [0.2, 0.25) is 0 Å². The molecule has 0 aromatic heterocycles. The number of hydrogen-bond donors (Lipinski definition) is 1. The van der Waals surface area contributed by atoms with Crippen LogP contribution in [0.4, 0.5) is 4.39 Å². The lowest BCUT2D eigenvalue weighted by Gasteiger charge is -2.10. The van der Waals surface area contributed by atoms with Gasteiger partial charge in [0.15, 0.2) is 18.2 Å². The Morgan fingerprint density at radius 2 is 2.00 bits per heavy atom. The lowest BCUT2D eigenvalue weighted by Crippen LogP contribution is -2.30. The fourth-order valence-corrected chi connectivity index (χ4v) is 2.37. The molecule has 1 amide bonds. The van der Waals surface area contributed by atoms with Gasteiger partial charge in [-0.05, 0) is 36.2 Å². The van der Waals surface area contributed by atoms with Crippen molar-refractivity contribution in [2.24, 2.45) is 0 Å². The molecule has 0 saturated heterocycles. The lowest BCUT2D eigenvalue weighted by molar-refractivity contribution is -0.123. The van der Waals surface area contributed by atoms with Crippen LogP contribution >= 0.6 is 15.9 Å². The van der Waals surface area contributed by atoms with E-state index in [4.69, 9.17) is 9.47 Å². The monoisotopic (exact) mass is 381 g/mol. The van der Waals surface area contributed by atoms with E-state index < -0.39 is 5.82 Å². The third-order valence-electron chi connectivity index (χ3n) is 3.16. The first-order valence-electron chi connectivity index (χ1n) is 7.06. The Morgan fingerprint density at radius 3 is 2.74 bits per heavy atom. The molecule has 122 valence electrons. The van der Waals surface area contributed by atoms with Crippen LogP contribution in [0.5, 0.6) is 11.5 Å². The number of hydrogen-bond acceptors (Lipinski definition) is 3. The van der Waals surface area contributed by atoms with Gasteiger partial charge in [0.25, 0.3) is 5.91 Å². The van der Waals surface area contributed by atoms with Crippen LogP contribution in [-0.4, -0.2) is 26.2 Å².